The summed E-state index contributed by atoms with van der Waals surface area (Å²) in [5, 5.41) is 8.65. The molecule has 0 saturated heterocycles. The molecular formula is C7H10N2OS3. The number of ketones is 1. The molecule has 0 aliphatic heterocycles. The molecular weight excluding hydrogens is 224 g/mol. The highest BCUT2D eigenvalue weighted by atomic mass is 32.2. The molecule has 1 aromatic heterocycles. The van der Waals surface area contributed by atoms with Crippen molar-refractivity contribution in [1.29, 1.82) is 0 Å². The van der Waals surface area contributed by atoms with E-state index in [0.717, 1.165) is 15.1 Å². The number of hydrogen-bond acceptors (Lipinski definition) is 6. The Bertz CT molecular complexity index is 287. The first-order chi connectivity index (χ1) is 6.26. The van der Waals surface area contributed by atoms with Crippen LogP contribution in [0.5, 0.6) is 0 Å². The van der Waals surface area contributed by atoms with Gasteiger partial charge < -0.3 is 0 Å². The number of nitrogens with zero attached hydrogens (tertiary/aromatic N) is 2. The molecule has 0 saturated carbocycles. The summed E-state index contributed by atoms with van der Waals surface area (Å²) in [6.07, 6.45) is 0.367. The molecule has 13 heavy (non-hydrogen) atoms. The maximum Gasteiger partial charge on any atom is 0.174 e. The van der Waals surface area contributed by atoms with Crippen LogP contribution in [0.4, 0.5) is 0 Å². The summed E-state index contributed by atoms with van der Waals surface area (Å²) in [5.74, 6) is 1.35. The van der Waals surface area contributed by atoms with E-state index in [1.54, 1.807) is 11.8 Å². The highest BCUT2D eigenvalue weighted by molar-refractivity contribution is 8.00. The zero-order chi connectivity index (χ0) is 9.68. The van der Waals surface area contributed by atoms with Crippen molar-refractivity contribution in [3.63, 3.8) is 0 Å². The van der Waals surface area contributed by atoms with E-state index in [-0.39, 0.29) is 11.5 Å². The van der Waals surface area contributed by atoms with Crippen LogP contribution in [-0.4, -0.2) is 27.5 Å². The molecule has 0 aliphatic rings. The van der Waals surface area contributed by atoms with Gasteiger partial charge in [0.1, 0.15) is 10.8 Å². The van der Waals surface area contributed by atoms with Gasteiger partial charge in [-0.2, -0.15) is 12.6 Å². The van der Waals surface area contributed by atoms with Gasteiger partial charge in [0.05, 0.1) is 6.42 Å². The maximum absolute atomic E-state index is 11.0. The van der Waals surface area contributed by atoms with Crippen LogP contribution in [0.1, 0.15) is 11.9 Å². The number of Topliss-reactive ketones (excluding diaryl/α,β-unsaturated/α-hetero) is 1. The topological polar surface area (TPSA) is 42.9 Å². The monoisotopic (exact) mass is 234 g/mol. The summed E-state index contributed by atoms with van der Waals surface area (Å²) in [7, 11) is 0. The number of rotatable bonds is 5. The van der Waals surface area contributed by atoms with Crippen LogP contribution in [0, 0.1) is 0 Å². The lowest BCUT2D eigenvalue weighted by Gasteiger charge is -1.89. The van der Waals surface area contributed by atoms with Gasteiger partial charge >= 0.3 is 0 Å². The van der Waals surface area contributed by atoms with Crippen LogP contribution in [0.3, 0.4) is 0 Å². The van der Waals surface area contributed by atoms with Gasteiger partial charge in [-0.15, -0.1) is 10.2 Å². The van der Waals surface area contributed by atoms with Crippen LogP contribution in [-0.2, 0) is 11.2 Å². The minimum Gasteiger partial charge on any atom is -0.298 e. The van der Waals surface area contributed by atoms with E-state index in [0.29, 0.717) is 6.42 Å². The second-order valence-corrected chi connectivity index (χ2v) is 5.16. The Hall–Kier alpha value is -0.0700. The van der Waals surface area contributed by atoms with Crippen molar-refractivity contribution in [1.82, 2.24) is 10.2 Å². The summed E-state index contributed by atoms with van der Waals surface area (Å²) in [6.45, 7) is 2.06. The number of hydrogen-bond donors (Lipinski definition) is 1. The number of thiol groups is 1. The standard InChI is InChI=1S/C7H10N2OS3/c1-2-12-7-9-8-6(13-7)3-5(10)4-11/h11H,2-4H2,1H3. The second-order valence-electron chi connectivity index (χ2n) is 2.27. The van der Waals surface area contributed by atoms with Crippen molar-refractivity contribution >= 4 is 41.5 Å². The summed E-state index contributed by atoms with van der Waals surface area (Å²) < 4.78 is 0.935. The highest BCUT2D eigenvalue weighted by Crippen LogP contribution is 2.22. The van der Waals surface area contributed by atoms with Crippen molar-refractivity contribution in [2.75, 3.05) is 11.5 Å². The average molecular weight is 234 g/mol. The molecule has 1 aromatic rings. The van der Waals surface area contributed by atoms with E-state index in [4.69, 9.17) is 0 Å². The smallest absolute Gasteiger partial charge is 0.174 e. The zero-order valence-electron chi connectivity index (χ0n) is 7.19. The molecule has 6 heteroatoms. The second kappa shape index (κ2) is 5.62. The van der Waals surface area contributed by atoms with Crippen LogP contribution in [0.15, 0.2) is 4.34 Å². The third-order valence-electron chi connectivity index (χ3n) is 1.24. The van der Waals surface area contributed by atoms with Gasteiger partial charge in [0, 0.05) is 5.75 Å². The van der Waals surface area contributed by atoms with Gasteiger partial charge in [0.25, 0.3) is 0 Å². The lowest BCUT2D eigenvalue weighted by atomic mass is 10.3. The molecule has 72 valence electrons. The van der Waals surface area contributed by atoms with Gasteiger partial charge in [-0.3, -0.25) is 4.79 Å². The predicted octanol–water partition coefficient (Wildman–Crippen LogP) is 1.69. The minimum absolute atomic E-state index is 0.0903. The molecule has 0 radical (unpaired) electrons. The van der Waals surface area contributed by atoms with Crippen molar-refractivity contribution in [3.8, 4) is 0 Å². The summed E-state index contributed by atoms with van der Waals surface area (Å²) in [6, 6.07) is 0. The zero-order valence-corrected chi connectivity index (χ0v) is 9.72. The molecule has 1 heterocycles. The number of aromatic nitrogens is 2. The molecule has 0 aromatic carbocycles. The fraction of sp³-hybridized carbons (Fsp3) is 0.571. The van der Waals surface area contributed by atoms with Gasteiger partial charge in [0.2, 0.25) is 0 Å². The van der Waals surface area contributed by atoms with E-state index >= 15 is 0 Å². The number of carbonyl (C=O) groups is 1. The molecule has 0 unspecified atom stereocenters. The molecule has 0 atom stereocenters. The first-order valence-corrected chi connectivity index (χ1v) is 6.27. The van der Waals surface area contributed by atoms with Crippen LogP contribution < -0.4 is 0 Å². The number of carbonyl (C=O) groups excluding carboxylic acids is 1. The summed E-state index contributed by atoms with van der Waals surface area (Å²) in [5.41, 5.74) is 0. The van der Waals surface area contributed by atoms with Gasteiger partial charge in [-0.1, -0.05) is 30.0 Å². The summed E-state index contributed by atoms with van der Waals surface area (Å²) in [4.78, 5) is 11.0. The maximum atomic E-state index is 11.0. The van der Waals surface area contributed by atoms with E-state index in [1.807, 2.05) is 0 Å². The van der Waals surface area contributed by atoms with Crippen LogP contribution in [0.2, 0.25) is 0 Å². The fourth-order valence-corrected chi connectivity index (χ4v) is 2.65. The lowest BCUT2D eigenvalue weighted by molar-refractivity contribution is -0.115. The largest absolute Gasteiger partial charge is 0.298 e. The van der Waals surface area contributed by atoms with Gasteiger partial charge in [-0.05, 0) is 5.75 Å². The Morgan fingerprint density at radius 2 is 2.38 bits per heavy atom. The molecule has 0 aliphatic carbocycles. The fourth-order valence-electron chi connectivity index (χ4n) is 0.716. The van der Waals surface area contributed by atoms with E-state index in [1.165, 1.54) is 11.3 Å². The van der Waals surface area contributed by atoms with Crippen molar-refractivity contribution in [3.05, 3.63) is 5.01 Å². The molecule has 1 rings (SSSR count). The van der Waals surface area contributed by atoms with Crippen molar-refractivity contribution in [2.24, 2.45) is 0 Å². The van der Waals surface area contributed by atoms with Crippen LogP contribution >= 0.6 is 35.7 Å². The third-order valence-corrected chi connectivity index (χ3v) is 3.53. The predicted molar refractivity (Wildman–Crippen MR) is 58.9 cm³/mol. The van der Waals surface area contributed by atoms with Gasteiger partial charge in [-0.25, -0.2) is 0 Å². The SMILES string of the molecule is CCSc1nnc(CC(=O)CS)s1. The molecule has 0 fully saturated rings. The first kappa shape index (κ1) is 11.0. The molecule has 0 bridgehead atoms. The normalized spacial score (nSPS) is 10.3. The molecule has 0 N–H and O–H groups in total. The van der Waals surface area contributed by atoms with E-state index in [9.17, 15) is 4.79 Å². The lowest BCUT2D eigenvalue weighted by Crippen LogP contribution is -2.03. The quantitative estimate of drug-likeness (QED) is 0.622. The Morgan fingerprint density at radius 1 is 1.62 bits per heavy atom. The molecule has 0 spiro atoms. The third kappa shape index (κ3) is 3.66. The van der Waals surface area contributed by atoms with Gasteiger partial charge in [0.15, 0.2) is 4.34 Å². The average Bonchev–Trinajstić information content (AvgIpc) is 2.53. The molecule has 0 amide bonds. The summed E-state index contributed by atoms with van der Waals surface area (Å²) >= 11 is 7.03. The van der Waals surface area contributed by atoms with E-state index in [2.05, 4.69) is 29.7 Å². The Labute approximate surface area is 90.7 Å². The van der Waals surface area contributed by atoms with E-state index < -0.39 is 0 Å². The Morgan fingerprint density at radius 3 is 3.00 bits per heavy atom. The van der Waals surface area contributed by atoms with Crippen LogP contribution in [0.25, 0.3) is 0 Å². The Balaban J connectivity index is 2.53. The van der Waals surface area contributed by atoms with Crippen molar-refractivity contribution in [2.45, 2.75) is 17.7 Å². The highest BCUT2D eigenvalue weighted by Gasteiger charge is 2.07. The molecule has 3 nitrogen and oxygen atoms in total. The van der Waals surface area contributed by atoms with Crippen molar-refractivity contribution < 1.29 is 4.79 Å². The minimum atomic E-state index is 0.0903. The first-order valence-electron chi connectivity index (χ1n) is 3.84. The number of thioether (sulfide) groups is 1. The Kier molecular flexibility index (Phi) is 4.76.